The summed E-state index contributed by atoms with van der Waals surface area (Å²) in [6.45, 7) is 9.05. The molecular weight excluding hydrogens is 410 g/mol. The molecule has 3 aromatic carbocycles. The predicted molar refractivity (Wildman–Crippen MR) is 135 cm³/mol. The van der Waals surface area contributed by atoms with Gasteiger partial charge in [-0.15, -0.1) is 0 Å². The Kier molecular flexibility index (Phi) is 8.16. The maximum absolute atomic E-state index is 12.8. The van der Waals surface area contributed by atoms with E-state index in [1.165, 1.54) is 24.0 Å². The van der Waals surface area contributed by atoms with E-state index < -0.39 is 0 Å². The van der Waals surface area contributed by atoms with Crippen LogP contribution in [-0.4, -0.2) is 13.0 Å². The average molecular weight is 446 g/mol. The zero-order chi connectivity index (χ0) is 23.8. The molecule has 0 aliphatic carbocycles. The molecule has 0 aromatic heterocycles. The molecule has 0 heterocycles. The van der Waals surface area contributed by atoms with Gasteiger partial charge in [0.25, 0.3) is 5.91 Å². The highest BCUT2D eigenvalue weighted by Crippen LogP contribution is 2.26. The number of benzene rings is 3. The first-order valence-corrected chi connectivity index (χ1v) is 11.6. The number of anilines is 1. The predicted octanol–water partition coefficient (Wildman–Crippen LogP) is 7.17. The monoisotopic (exact) mass is 445 g/mol. The molecule has 4 heteroatoms. The number of hydrogen-bond donors (Lipinski definition) is 1. The quantitative estimate of drug-likeness (QED) is 0.380. The fourth-order valence-corrected chi connectivity index (χ4v) is 3.58. The molecule has 0 bridgehead atoms. The number of methoxy groups -OCH3 is 1. The summed E-state index contributed by atoms with van der Waals surface area (Å²) in [6.07, 6.45) is 3.40. The molecule has 0 aliphatic heterocycles. The number of aryl methyl sites for hydroxylation is 1. The lowest BCUT2D eigenvalue weighted by molar-refractivity contribution is 0.102. The molecule has 0 radical (unpaired) electrons. The Morgan fingerprint density at radius 3 is 2.24 bits per heavy atom. The van der Waals surface area contributed by atoms with Gasteiger partial charge in [-0.05, 0) is 71.8 Å². The zero-order valence-electron chi connectivity index (χ0n) is 20.4. The van der Waals surface area contributed by atoms with Gasteiger partial charge < -0.3 is 14.8 Å². The van der Waals surface area contributed by atoms with Gasteiger partial charge in [-0.1, -0.05) is 58.4 Å². The zero-order valence-corrected chi connectivity index (χ0v) is 20.4. The lowest BCUT2D eigenvalue weighted by atomic mass is 9.87. The molecule has 0 unspecified atom stereocenters. The van der Waals surface area contributed by atoms with Crippen molar-refractivity contribution in [3.05, 3.63) is 89.0 Å². The molecule has 0 atom stereocenters. The van der Waals surface area contributed by atoms with Crippen molar-refractivity contribution in [2.75, 3.05) is 12.4 Å². The van der Waals surface area contributed by atoms with Crippen LogP contribution in [0.2, 0.25) is 0 Å². The number of carbonyl (C=O) groups excluding carboxylic acids is 1. The molecule has 3 rings (SSSR count). The van der Waals surface area contributed by atoms with Gasteiger partial charge in [-0.25, -0.2) is 0 Å². The van der Waals surface area contributed by atoms with Crippen molar-refractivity contribution in [3.8, 4) is 11.5 Å². The Bertz CT molecular complexity index is 1050. The van der Waals surface area contributed by atoms with E-state index in [-0.39, 0.29) is 11.3 Å². The third kappa shape index (κ3) is 6.85. The number of nitrogens with one attached hydrogen (secondary N) is 1. The molecule has 1 amide bonds. The Morgan fingerprint density at radius 1 is 0.939 bits per heavy atom. The topological polar surface area (TPSA) is 47.6 Å². The van der Waals surface area contributed by atoms with E-state index in [2.05, 4.69) is 57.3 Å². The van der Waals surface area contributed by atoms with Gasteiger partial charge in [0.05, 0.1) is 7.11 Å². The summed E-state index contributed by atoms with van der Waals surface area (Å²) in [4.78, 5) is 12.8. The fourth-order valence-electron chi connectivity index (χ4n) is 3.58. The lowest BCUT2D eigenvalue weighted by Crippen LogP contribution is -2.13. The molecule has 1 N–H and O–H groups in total. The molecule has 4 nitrogen and oxygen atoms in total. The van der Waals surface area contributed by atoms with Crippen LogP contribution in [-0.2, 0) is 18.4 Å². The van der Waals surface area contributed by atoms with Crippen molar-refractivity contribution in [1.29, 1.82) is 0 Å². The van der Waals surface area contributed by atoms with Crippen LogP contribution in [0.3, 0.4) is 0 Å². The van der Waals surface area contributed by atoms with Crippen LogP contribution in [0.4, 0.5) is 5.69 Å². The largest absolute Gasteiger partial charge is 0.496 e. The smallest absolute Gasteiger partial charge is 0.255 e. The highest BCUT2D eigenvalue weighted by Gasteiger charge is 2.14. The van der Waals surface area contributed by atoms with Gasteiger partial charge >= 0.3 is 0 Å². The number of unbranched alkanes of at least 4 members (excludes halogenated alkanes) is 1. The van der Waals surface area contributed by atoms with Crippen molar-refractivity contribution in [3.63, 3.8) is 0 Å². The van der Waals surface area contributed by atoms with E-state index in [4.69, 9.17) is 9.47 Å². The number of amides is 1. The molecule has 0 saturated carbocycles. The molecule has 33 heavy (non-hydrogen) atoms. The van der Waals surface area contributed by atoms with Gasteiger partial charge in [0.15, 0.2) is 0 Å². The van der Waals surface area contributed by atoms with Crippen LogP contribution in [0.1, 0.15) is 67.6 Å². The number of carbonyl (C=O) groups is 1. The van der Waals surface area contributed by atoms with Crippen molar-refractivity contribution < 1.29 is 14.3 Å². The second-order valence-corrected chi connectivity index (χ2v) is 9.34. The lowest BCUT2D eigenvalue weighted by Gasteiger charge is -2.19. The van der Waals surface area contributed by atoms with Crippen LogP contribution in [0.25, 0.3) is 0 Å². The summed E-state index contributed by atoms with van der Waals surface area (Å²) in [5.41, 5.74) is 4.80. The highest BCUT2D eigenvalue weighted by molar-refractivity contribution is 6.04. The Labute approximate surface area is 197 Å². The average Bonchev–Trinajstić information content (AvgIpc) is 2.81. The summed E-state index contributed by atoms with van der Waals surface area (Å²) in [5, 5.41) is 2.98. The summed E-state index contributed by atoms with van der Waals surface area (Å²) < 4.78 is 11.5. The third-order valence-corrected chi connectivity index (χ3v) is 5.69. The van der Waals surface area contributed by atoms with Crippen molar-refractivity contribution in [2.45, 2.75) is 59.0 Å². The normalized spacial score (nSPS) is 11.2. The van der Waals surface area contributed by atoms with E-state index in [0.717, 1.165) is 23.4 Å². The van der Waals surface area contributed by atoms with Crippen LogP contribution in [0.15, 0.2) is 66.7 Å². The summed E-state index contributed by atoms with van der Waals surface area (Å²) >= 11 is 0. The highest BCUT2D eigenvalue weighted by atomic mass is 16.5. The van der Waals surface area contributed by atoms with Crippen molar-refractivity contribution in [1.82, 2.24) is 0 Å². The maximum atomic E-state index is 12.8. The summed E-state index contributed by atoms with van der Waals surface area (Å²) in [7, 11) is 1.62. The van der Waals surface area contributed by atoms with Crippen LogP contribution in [0.5, 0.6) is 11.5 Å². The molecule has 3 aromatic rings. The van der Waals surface area contributed by atoms with E-state index in [0.29, 0.717) is 17.9 Å². The minimum Gasteiger partial charge on any atom is -0.496 e. The van der Waals surface area contributed by atoms with Crippen molar-refractivity contribution in [2.24, 2.45) is 0 Å². The van der Waals surface area contributed by atoms with Gasteiger partial charge in [-0.3, -0.25) is 4.79 Å². The Hall–Kier alpha value is -3.27. The molecular formula is C29H35NO3. The first-order valence-electron chi connectivity index (χ1n) is 11.6. The van der Waals surface area contributed by atoms with Gasteiger partial charge in [-0.2, -0.15) is 0 Å². The fraction of sp³-hybridized carbons (Fsp3) is 0.345. The van der Waals surface area contributed by atoms with Crippen molar-refractivity contribution >= 4 is 11.6 Å². The first-order chi connectivity index (χ1) is 15.8. The minimum absolute atomic E-state index is 0.0965. The third-order valence-electron chi connectivity index (χ3n) is 5.69. The molecule has 174 valence electrons. The Morgan fingerprint density at radius 2 is 1.64 bits per heavy atom. The summed E-state index contributed by atoms with van der Waals surface area (Å²) in [6, 6.07) is 21.6. The van der Waals surface area contributed by atoms with Crippen LogP contribution < -0.4 is 14.8 Å². The minimum atomic E-state index is -0.158. The number of hydrogen-bond acceptors (Lipinski definition) is 3. The molecule has 0 aliphatic rings. The van der Waals surface area contributed by atoms with Gasteiger partial charge in [0.1, 0.15) is 18.1 Å². The maximum Gasteiger partial charge on any atom is 0.255 e. The number of rotatable bonds is 9. The van der Waals surface area contributed by atoms with E-state index >= 15 is 0 Å². The standard InChI is InChI=1S/C29H35NO3/c1-6-7-8-21-9-14-25(15-10-21)30-28(31)22-11-18-27(32-5)23(19-22)20-33-26-16-12-24(13-17-26)29(2,3)4/h9-19H,6-8,20H2,1-5H3,(H,30,31). The first kappa shape index (κ1) is 24.4. The number of ether oxygens (including phenoxy) is 2. The summed E-state index contributed by atoms with van der Waals surface area (Å²) in [5.74, 6) is 1.32. The van der Waals surface area contributed by atoms with Crippen LogP contribution in [0, 0.1) is 0 Å². The molecule has 0 fully saturated rings. The van der Waals surface area contributed by atoms with E-state index in [1.807, 2.05) is 36.4 Å². The SMILES string of the molecule is CCCCc1ccc(NC(=O)c2ccc(OC)c(COc3ccc(C(C)(C)C)cc3)c2)cc1. The van der Waals surface area contributed by atoms with Gasteiger partial charge in [0.2, 0.25) is 0 Å². The van der Waals surface area contributed by atoms with Crippen LogP contribution >= 0.6 is 0 Å². The second-order valence-electron chi connectivity index (χ2n) is 9.34. The van der Waals surface area contributed by atoms with Gasteiger partial charge in [0, 0.05) is 16.8 Å². The van der Waals surface area contributed by atoms with E-state index in [9.17, 15) is 4.79 Å². The molecule has 0 spiro atoms. The molecule has 0 saturated heterocycles. The Balaban J connectivity index is 1.67. The second kappa shape index (κ2) is 11.0. The van der Waals surface area contributed by atoms with E-state index in [1.54, 1.807) is 13.2 Å².